The minimum Gasteiger partial charge on any atom is -0.365 e. The molecule has 31 heavy (non-hydrogen) atoms. The second-order valence-electron chi connectivity index (χ2n) is 6.40. The zero-order chi connectivity index (χ0) is 23.0. The molecule has 0 unspecified atom stereocenters. The first-order valence-electron chi connectivity index (χ1n) is 8.65. The summed E-state index contributed by atoms with van der Waals surface area (Å²) in [6.07, 6.45) is -4.78. The number of nitrogens with one attached hydrogen (secondary N) is 1. The molecule has 0 radical (unpaired) electrons. The maximum atomic E-state index is 13.2. The highest BCUT2D eigenvalue weighted by Crippen LogP contribution is 2.39. The number of nitrogens with two attached hydrogens (primary N) is 1. The van der Waals surface area contributed by atoms with Crippen molar-refractivity contribution in [3.63, 3.8) is 0 Å². The Labute approximate surface area is 179 Å². The summed E-state index contributed by atoms with van der Waals surface area (Å²) in [6, 6.07) is 11.5. The largest absolute Gasteiger partial charge is 0.417 e. The molecule has 11 heteroatoms. The SMILES string of the molecule is Cc1c(S(=O)(=O)c2ccccc2)sc(NC(=O)c2ccccc2C(F)(F)F)c1C(N)=O. The number of hydrogen-bond donors (Lipinski definition) is 2. The summed E-state index contributed by atoms with van der Waals surface area (Å²) in [5.74, 6) is -2.18. The van der Waals surface area contributed by atoms with Gasteiger partial charge in [-0.05, 0) is 36.8 Å². The average molecular weight is 468 g/mol. The Balaban J connectivity index is 2.09. The summed E-state index contributed by atoms with van der Waals surface area (Å²) in [5, 5.41) is 1.97. The monoisotopic (exact) mass is 468 g/mol. The maximum absolute atomic E-state index is 13.2. The first-order valence-corrected chi connectivity index (χ1v) is 11.0. The zero-order valence-corrected chi connectivity index (χ0v) is 17.5. The van der Waals surface area contributed by atoms with Crippen molar-refractivity contribution < 1.29 is 31.2 Å². The number of primary amides is 1. The maximum Gasteiger partial charge on any atom is 0.417 e. The number of amides is 2. The fraction of sp³-hybridized carbons (Fsp3) is 0.100. The van der Waals surface area contributed by atoms with E-state index in [-0.39, 0.29) is 25.2 Å². The van der Waals surface area contributed by atoms with Crippen LogP contribution in [0.3, 0.4) is 0 Å². The molecule has 162 valence electrons. The van der Waals surface area contributed by atoms with Gasteiger partial charge in [-0.1, -0.05) is 30.3 Å². The number of carbonyl (C=O) groups excluding carboxylic acids is 2. The van der Waals surface area contributed by atoms with E-state index in [0.29, 0.717) is 11.3 Å². The van der Waals surface area contributed by atoms with Gasteiger partial charge >= 0.3 is 6.18 Å². The van der Waals surface area contributed by atoms with Gasteiger partial charge in [0.15, 0.2) is 0 Å². The van der Waals surface area contributed by atoms with Gasteiger partial charge in [-0.25, -0.2) is 8.42 Å². The van der Waals surface area contributed by atoms with E-state index in [0.717, 1.165) is 18.2 Å². The van der Waals surface area contributed by atoms with Crippen LogP contribution in [-0.2, 0) is 16.0 Å². The predicted molar refractivity (Wildman–Crippen MR) is 109 cm³/mol. The highest BCUT2D eigenvalue weighted by molar-refractivity contribution is 7.93. The van der Waals surface area contributed by atoms with Crippen LogP contribution in [0.2, 0.25) is 0 Å². The number of rotatable bonds is 5. The third-order valence-electron chi connectivity index (χ3n) is 4.35. The topological polar surface area (TPSA) is 106 Å². The lowest BCUT2D eigenvalue weighted by Gasteiger charge is -2.12. The molecule has 0 bridgehead atoms. The Morgan fingerprint density at radius 3 is 2.16 bits per heavy atom. The van der Waals surface area contributed by atoms with E-state index in [2.05, 4.69) is 5.32 Å². The Morgan fingerprint density at radius 2 is 1.58 bits per heavy atom. The smallest absolute Gasteiger partial charge is 0.365 e. The lowest BCUT2D eigenvalue weighted by molar-refractivity contribution is -0.137. The fourth-order valence-corrected chi connectivity index (χ4v) is 6.09. The summed E-state index contributed by atoms with van der Waals surface area (Å²) in [5.41, 5.74) is 3.24. The van der Waals surface area contributed by atoms with E-state index in [4.69, 9.17) is 5.73 Å². The number of sulfone groups is 1. The average Bonchev–Trinajstić information content (AvgIpc) is 3.04. The minimum absolute atomic E-state index is 0.000703. The first kappa shape index (κ1) is 22.5. The van der Waals surface area contributed by atoms with Crippen LogP contribution in [0.5, 0.6) is 0 Å². The van der Waals surface area contributed by atoms with Gasteiger partial charge < -0.3 is 11.1 Å². The highest BCUT2D eigenvalue weighted by atomic mass is 32.2. The number of carbonyl (C=O) groups is 2. The highest BCUT2D eigenvalue weighted by Gasteiger charge is 2.35. The molecule has 3 rings (SSSR count). The molecule has 0 spiro atoms. The van der Waals surface area contributed by atoms with Crippen molar-refractivity contribution in [2.75, 3.05) is 5.32 Å². The van der Waals surface area contributed by atoms with Crippen LogP contribution in [-0.4, -0.2) is 20.2 Å². The molecule has 0 saturated carbocycles. The summed E-state index contributed by atoms with van der Waals surface area (Å²) < 4.78 is 65.4. The van der Waals surface area contributed by atoms with E-state index in [9.17, 15) is 31.2 Å². The van der Waals surface area contributed by atoms with E-state index < -0.39 is 39.0 Å². The Bertz CT molecular complexity index is 1270. The van der Waals surface area contributed by atoms with E-state index >= 15 is 0 Å². The summed E-state index contributed by atoms with van der Waals surface area (Å²) >= 11 is 0.551. The van der Waals surface area contributed by atoms with Gasteiger partial charge in [-0.2, -0.15) is 13.2 Å². The lowest BCUT2D eigenvalue weighted by atomic mass is 10.1. The van der Waals surface area contributed by atoms with E-state index in [1.165, 1.54) is 37.3 Å². The quantitative estimate of drug-likeness (QED) is 0.584. The van der Waals surface area contributed by atoms with Crippen molar-refractivity contribution in [2.45, 2.75) is 22.2 Å². The second kappa shape index (κ2) is 8.16. The zero-order valence-electron chi connectivity index (χ0n) is 15.9. The summed E-state index contributed by atoms with van der Waals surface area (Å²) in [7, 11) is -4.06. The first-order chi connectivity index (χ1) is 14.4. The van der Waals surface area contributed by atoms with Crippen LogP contribution in [0.15, 0.2) is 63.7 Å². The fourth-order valence-electron chi connectivity index (χ4n) is 2.94. The normalized spacial score (nSPS) is 11.9. The van der Waals surface area contributed by atoms with Crippen LogP contribution in [0.4, 0.5) is 18.2 Å². The molecular weight excluding hydrogens is 453 g/mol. The molecule has 1 aromatic heterocycles. The van der Waals surface area contributed by atoms with Crippen molar-refractivity contribution in [2.24, 2.45) is 5.73 Å². The molecule has 0 aliphatic heterocycles. The molecule has 3 N–H and O–H groups in total. The number of hydrogen-bond acceptors (Lipinski definition) is 5. The third-order valence-corrected chi connectivity index (χ3v) is 7.95. The van der Waals surface area contributed by atoms with Gasteiger partial charge in [-0.3, -0.25) is 9.59 Å². The van der Waals surface area contributed by atoms with Crippen LogP contribution in [0.25, 0.3) is 0 Å². The van der Waals surface area contributed by atoms with Crippen molar-refractivity contribution in [3.8, 4) is 0 Å². The standard InChI is InChI=1S/C20H15F3N2O4S2/c1-11-15(16(24)26)18(30-19(11)31(28,29)12-7-3-2-4-8-12)25-17(27)13-9-5-6-10-14(13)20(21,22)23/h2-10H,1H3,(H2,24,26)(H,25,27). The van der Waals surface area contributed by atoms with Crippen molar-refractivity contribution in [3.05, 3.63) is 76.9 Å². The molecule has 0 atom stereocenters. The number of benzene rings is 2. The van der Waals surface area contributed by atoms with Gasteiger partial charge in [0.05, 0.1) is 21.6 Å². The molecule has 0 fully saturated rings. The van der Waals surface area contributed by atoms with Gasteiger partial charge in [0.2, 0.25) is 9.84 Å². The molecule has 0 aliphatic carbocycles. The Kier molecular flexibility index (Phi) is 5.92. The second-order valence-corrected chi connectivity index (χ2v) is 9.56. The number of thiophene rings is 1. The number of anilines is 1. The van der Waals surface area contributed by atoms with Gasteiger partial charge in [0, 0.05) is 0 Å². The third kappa shape index (κ3) is 4.32. The number of halogens is 3. The van der Waals surface area contributed by atoms with Crippen LogP contribution in [0.1, 0.15) is 31.8 Å². The molecule has 2 amide bonds. The van der Waals surface area contributed by atoms with Gasteiger partial charge in [-0.15, -0.1) is 11.3 Å². The van der Waals surface area contributed by atoms with Gasteiger partial charge in [0.25, 0.3) is 11.8 Å². The number of alkyl halides is 3. The Hall–Kier alpha value is -3.18. The van der Waals surface area contributed by atoms with Crippen LogP contribution < -0.4 is 11.1 Å². The van der Waals surface area contributed by atoms with Crippen LogP contribution in [0, 0.1) is 6.92 Å². The van der Waals surface area contributed by atoms with Crippen molar-refractivity contribution >= 4 is 38.0 Å². The lowest BCUT2D eigenvalue weighted by Crippen LogP contribution is -2.20. The minimum atomic E-state index is -4.78. The molecule has 1 heterocycles. The Morgan fingerprint density at radius 1 is 1.00 bits per heavy atom. The van der Waals surface area contributed by atoms with Crippen LogP contribution >= 0.6 is 11.3 Å². The summed E-state index contributed by atoms with van der Waals surface area (Å²) in [4.78, 5) is 24.5. The molecule has 0 saturated heterocycles. The summed E-state index contributed by atoms with van der Waals surface area (Å²) in [6.45, 7) is 1.34. The molecule has 2 aromatic carbocycles. The van der Waals surface area contributed by atoms with Gasteiger partial charge in [0.1, 0.15) is 9.21 Å². The molecule has 3 aromatic rings. The van der Waals surface area contributed by atoms with E-state index in [1.807, 2.05) is 0 Å². The molecule has 6 nitrogen and oxygen atoms in total. The van der Waals surface area contributed by atoms with E-state index in [1.54, 1.807) is 6.07 Å². The van der Waals surface area contributed by atoms with Crippen molar-refractivity contribution in [1.82, 2.24) is 0 Å². The molecular formula is C20H15F3N2O4S2. The predicted octanol–water partition coefficient (Wildman–Crippen LogP) is 4.26. The van der Waals surface area contributed by atoms with Crippen molar-refractivity contribution in [1.29, 1.82) is 0 Å². The molecule has 0 aliphatic rings.